The maximum Gasteiger partial charge on any atom is 0.158 e. The third kappa shape index (κ3) is 3.87. The predicted octanol–water partition coefficient (Wildman–Crippen LogP) is 2.49. The number of hydrazine groups is 1. The molecule has 21 heavy (non-hydrogen) atoms. The highest BCUT2D eigenvalue weighted by molar-refractivity contribution is 5.62. The number of anilines is 3. The van der Waals surface area contributed by atoms with E-state index >= 15 is 0 Å². The fraction of sp³-hybridized carbons (Fsp3) is 0.286. The van der Waals surface area contributed by atoms with Crippen molar-refractivity contribution in [2.75, 3.05) is 17.3 Å². The number of nitrogen functional groups attached to an aromatic ring is 1. The Morgan fingerprint density at radius 2 is 2.05 bits per heavy atom. The molecule has 6 nitrogen and oxygen atoms in total. The minimum Gasteiger partial charge on any atom is -0.374 e. The lowest BCUT2D eigenvalue weighted by molar-refractivity contribution is 0.128. The molecule has 0 aliphatic heterocycles. The number of rotatable bonds is 6. The van der Waals surface area contributed by atoms with E-state index in [0.29, 0.717) is 35.3 Å². The van der Waals surface area contributed by atoms with Gasteiger partial charge in [-0.05, 0) is 26.0 Å². The van der Waals surface area contributed by atoms with E-state index < -0.39 is 0 Å². The largest absolute Gasteiger partial charge is 0.374 e. The van der Waals surface area contributed by atoms with Gasteiger partial charge in [0, 0.05) is 23.9 Å². The van der Waals surface area contributed by atoms with Crippen LogP contribution < -0.4 is 16.6 Å². The molecule has 112 valence electrons. The van der Waals surface area contributed by atoms with Crippen molar-refractivity contribution in [1.29, 1.82) is 0 Å². The number of nitrogens with two attached hydrogens (primary N) is 1. The number of hydrogen-bond donors (Lipinski definition) is 3. The molecule has 0 radical (unpaired) electrons. The second kappa shape index (κ2) is 6.96. The maximum atomic E-state index is 13.5. The van der Waals surface area contributed by atoms with Crippen molar-refractivity contribution in [2.45, 2.75) is 20.5 Å². The lowest BCUT2D eigenvalue weighted by atomic mass is 10.2. The monoisotopic (exact) mass is 291 g/mol. The Kier molecular flexibility index (Phi) is 5.02. The van der Waals surface area contributed by atoms with Gasteiger partial charge in [-0.1, -0.05) is 6.07 Å². The molecule has 0 spiro atoms. The molecule has 0 fully saturated rings. The first-order chi connectivity index (χ1) is 10.1. The molecule has 0 aliphatic carbocycles. The standard InChI is InChI=1S/C14H18FN5O/c1-3-21-8-14-18-12(7-13(19-14)20-16)17-11-6-4-5-10(15)9(11)2/h4-7H,3,8,16H2,1-2H3,(H2,17,18,19,20). The van der Waals surface area contributed by atoms with E-state index in [9.17, 15) is 4.39 Å². The summed E-state index contributed by atoms with van der Waals surface area (Å²) in [5.41, 5.74) is 3.63. The van der Waals surface area contributed by atoms with Gasteiger partial charge in [0.25, 0.3) is 0 Å². The van der Waals surface area contributed by atoms with E-state index in [4.69, 9.17) is 10.6 Å². The SMILES string of the molecule is CCOCc1nc(NN)cc(Nc2cccc(F)c2C)n1. The Labute approximate surface area is 122 Å². The van der Waals surface area contributed by atoms with Crippen LogP contribution in [0.15, 0.2) is 24.3 Å². The van der Waals surface area contributed by atoms with E-state index in [1.165, 1.54) is 6.07 Å². The minimum absolute atomic E-state index is 0.277. The number of halogens is 1. The summed E-state index contributed by atoms with van der Waals surface area (Å²) in [5, 5.41) is 3.06. The third-order valence-electron chi connectivity index (χ3n) is 2.89. The molecule has 7 heteroatoms. The van der Waals surface area contributed by atoms with Gasteiger partial charge in [-0.3, -0.25) is 0 Å². The van der Waals surface area contributed by atoms with Crippen molar-refractivity contribution < 1.29 is 9.13 Å². The van der Waals surface area contributed by atoms with Gasteiger partial charge in [0.15, 0.2) is 5.82 Å². The van der Waals surface area contributed by atoms with Gasteiger partial charge in [-0.2, -0.15) is 0 Å². The van der Waals surface area contributed by atoms with Crippen LogP contribution in [-0.2, 0) is 11.3 Å². The number of nitrogens with one attached hydrogen (secondary N) is 2. The summed E-state index contributed by atoms with van der Waals surface area (Å²) in [6.45, 7) is 4.43. The molecule has 1 heterocycles. The summed E-state index contributed by atoms with van der Waals surface area (Å²) < 4.78 is 18.8. The number of nitrogens with zero attached hydrogens (tertiary/aromatic N) is 2. The summed E-state index contributed by atoms with van der Waals surface area (Å²) in [7, 11) is 0. The van der Waals surface area contributed by atoms with Crippen LogP contribution in [0.2, 0.25) is 0 Å². The van der Waals surface area contributed by atoms with Crippen molar-refractivity contribution in [2.24, 2.45) is 5.84 Å². The summed E-state index contributed by atoms with van der Waals surface area (Å²) in [4.78, 5) is 8.50. The number of hydrogen-bond acceptors (Lipinski definition) is 6. The van der Waals surface area contributed by atoms with E-state index in [-0.39, 0.29) is 12.4 Å². The summed E-state index contributed by atoms with van der Waals surface area (Å²) >= 11 is 0. The molecule has 1 aromatic heterocycles. The highest BCUT2D eigenvalue weighted by atomic mass is 19.1. The van der Waals surface area contributed by atoms with Gasteiger partial charge in [-0.15, -0.1) is 0 Å². The van der Waals surface area contributed by atoms with Crippen molar-refractivity contribution in [3.8, 4) is 0 Å². The van der Waals surface area contributed by atoms with Crippen molar-refractivity contribution >= 4 is 17.3 Å². The fourth-order valence-electron chi connectivity index (χ4n) is 1.77. The van der Waals surface area contributed by atoms with Crippen LogP contribution in [-0.4, -0.2) is 16.6 Å². The Balaban J connectivity index is 2.28. The molecule has 0 unspecified atom stereocenters. The second-order valence-electron chi connectivity index (χ2n) is 4.37. The molecule has 4 N–H and O–H groups in total. The van der Waals surface area contributed by atoms with Crippen LogP contribution >= 0.6 is 0 Å². The maximum absolute atomic E-state index is 13.5. The van der Waals surface area contributed by atoms with Crippen LogP contribution in [0.3, 0.4) is 0 Å². The summed E-state index contributed by atoms with van der Waals surface area (Å²) in [6.07, 6.45) is 0. The first-order valence-corrected chi connectivity index (χ1v) is 6.58. The van der Waals surface area contributed by atoms with Gasteiger partial charge in [0.05, 0.1) is 0 Å². The lowest BCUT2D eigenvalue weighted by Crippen LogP contribution is -2.12. The Hall–Kier alpha value is -2.25. The fourth-order valence-corrected chi connectivity index (χ4v) is 1.77. The molecule has 0 bridgehead atoms. The molecular formula is C14H18FN5O. The Morgan fingerprint density at radius 1 is 1.29 bits per heavy atom. The first-order valence-electron chi connectivity index (χ1n) is 6.58. The molecule has 2 aromatic rings. The van der Waals surface area contributed by atoms with Gasteiger partial charge >= 0.3 is 0 Å². The number of ether oxygens (including phenoxy) is 1. The highest BCUT2D eigenvalue weighted by Gasteiger charge is 2.08. The van der Waals surface area contributed by atoms with Gasteiger partial charge in [-0.25, -0.2) is 20.2 Å². The molecule has 0 atom stereocenters. The van der Waals surface area contributed by atoms with Gasteiger partial charge < -0.3 is 15.5 Å². The molecule has 2 rings (SSSR count). The summed E-state index contributed by atoms with van der Waals surface area (Å²) in [6, 6.07) is 6.46. The molecule has 0 saturated carbocycles. The number of aromatic nitrogens is 2. The Bertz CT molecular complexity index is 620. The van der Waals surface area contributed by atoms with Gasteiger partial charge in [0.2, 0.25) is 0 Å². The smallest absolute Gasteiger partial charge is 0.158 e. The van der Waals surface area contributed by atoms with E-state index in [0.717, 1.165) is 0 Å². The zero-order valence-electron chi connectivity index (χ0n) is 12.0. The average molecular weight is 291 g/mol. The van der Waals surface area contributed by atoms with Crippen molar-refractivity contribution in [1.82, 2.24) is 9.97 Å². The van der Waals surface area contributed by atoms with Crippen LogP contribution in [0, 0.1) is 12.7 Å². The van der Waals surface area contributed by atoms with Crippen molar-refractivity contribution in [3.05, 3.63) is 41.5 Å². The zero-order valence-corrected chi connectivity index (χ0v) is 12.0. The molecule has 0 amide bonds. The molecule has 0 aliphatic rings. The van der Waals surface area contributed by atoms with Crippen LogP contribution in [0.25, 0.3) is 0 Å². The lowest BCUT2D eigenvalue weighted by Gasteiger charge is -2.12. The quantitative estimate of drug-likeness (QED) is 0.560. The summed E-state index contributed by atoms with van der Waals surface area (Å²) in [5.74, 6) is 6.58. The Morgan fingerprint density at radius 3 is 2.76 bits per heavy atom. The third-order valence-corrected chi connectivity index (χ3v) is 2.89. The van der Waals surface area contributed by atoms with Crippen LogP contribution in [0.1, 0.15) is 18.3 Å². The average Bonchev–Trinajstić information content (AvgIpc) is 2.49. The zero-order chi connectivity index (χ0) is 15.2. The van der Waals surface area contributed by atoms with Crippen molar-refractivity contribution in [3.63, 3.8) is 0 Å². The predicted molar refractivity (Wildman–Crippen MR) is 79.6 cm³/mol. The van der Waals surface area contributed by atoms with E-state index in [1.54, 1.807) is 25.1 Å². The minimum atomic E-state index is -0.277. The topological polar surface area (TPSA) is 85.1 Å². The highest BCUT2D eigenvalue weighted by Crippen LogP contribution is 2.22. The number of benzene rings is 1. The molecular weight excluding hydrogens is 273 g/mol. The molecule has 0 saturated heterocycles. The van der Waals surface area contributed by atoms with Crippen LogP contribution in [0.4, 0.5) is 21.7 Å². The second-order valence-corrected chi connectivity index (χ2v) is 4.37. The normalized spacial score (nSPS) is 10.5. The molecule has 1 aromatic carbocycles. The van der Waals surface area contributed by atoms with E-state index in [1.807, 2.05) is 6.92 Å². The first kappa shape index (κ1) is 15.1. The van der Waals surface area contributed by atoms with Crippen LogP contribution in [0.5, 0.6) is 0 Å². The van der Waals surface area contributed by atoms with Gasteiger partial charge in [0.1, 0.15) is 24.1 Å². The van der Waals surface area contributed by atoms with E-state index in [2.05, 4.69) is 20.7 Å².